The molecule has 7 nitrogen and oxygen atoms in total. The van der Waals surface area contributed by atoms with E-state index in [2.05, 4.69) is 0 Å². The van der Waals surface area contributed by atoms with Gasteiger partial charge in [-0.2, -0.15) is 0 Å². The van der Waals surface area contributed by atoms with E-state index in [9.17, 15) is 14.4 Å². The average Bonchev–Trinajstić information content (AvgIpc) is 2.84. The highest BCUT2D eigenvalue weighted by molar-refractivity contribution is 5.93. The molecule has 0 spiro atoms. The predicted molar refractivity (Wildman–Crippen MR) is 86.8 cm³/mol. The zero-order chi connectivity index (χ0) is 18.1. The summed E-state index contributed by atoms with van der Waals surface area (Å²) in [6.07, 6.45) is -0.0610. The fraction of sp³-hybridized carbons (Fsp3) is 0.588. The first-order valence-corrected chi connectivity index (χ1v) is 8.03. The van der Waals surface area contributed by atoms with Crippen molar-refractivity contribution in [2.24, 2.45) is 0 Å². The highest BCUT2D eigenvalue weighted by Gasteiger charge is 2.31. The van der Waals surface area contributed by atoms with E-state index in [4.69, 9.17) is 9.47 Å². The Labute approximate surface area is 141 Å². The first-order valence-electron chi connectivity index (χ1n) is 8.03. The molecule has 0 radical (unpaired) electrons. The number of nitrogens with zero attached hydrogens (tertiary/aromatic N) is 2. The van der Waals surface area contributed by atoms with Crippen molar-refractivity contribution >= 4 is 18.0 Å². The second-order valence-electron chi connectivity index (χ2n) is 6.73. The Morgan fingerprint density at radius 1 is 1.25 bits per heavy atom. The van der Waals surface area contributed by atoms with Gasteiger partial charge in [-0.1, -0.05) is 0 Å². The zero-order valence-electron chi connectivity index (χ0n) is 14.8. The molecule has 0 bridgehead atoms. The largest absolute Gasteiger partial charge is 0.461 e. The second-order valence-corrected chi connectivity index (χ2v) is 6.73. The molecule has 24 heavy (non-hydrogen) atoms. The molecule has 0 unspecified atom stereocenters. The summed E-state index contributed by atoms with van der Waals surface area (Å²) < 4.78 is 11.7. The fourth-order valence-corrected chi connectivity index (χ4v) is 2.65. The van der Waals surface area contributed by atoms with E-state index in [1.807, 2.05) is 0 Å². The fourth-order valence-electron chi connectivity index (χ4n) is 2.65. The van der Waals surface area contributed by atoms with E-state index in [-0.39, 0.29) is 24.8 Å². The normalized spacial score (nSPS) is 14.1. The van der Waals surface area contributed by atoms with E-state index < -0.39 is 17.7 Å². The zero-order valence-corrected chi connectivity index (χ0v) is 14.8. The van der Waals surface area contributed by atoms with Gasteiger partial charge in [0.1, 0.15) is 11.3 Å². The highest BCUT2D eigenvalue weighted by Crippen LogP contribution is 2.25. The molecular weight excluding hydrogens is 312 g/mol. The van der Waals surface area contributed by atoms with Crippen LogP contribution in [0.15, 0.2) is 6.07 Å². The number of hydrogen-bond acceptors (Lipinski definition) is 5. The number of hydrogen-bond donors (Lipinski definition) is 0. The third-order valence-corrected chi connectivity index (χ3v) is 3.69. The molecule has 2 heterocycles. The Kier molecular flexibility index (Phi) is 5.01. The first kappa shape index (κ1) is 18.0. The summed E-state index contributed by atoms with van der Waals surface area (Å²) in [6, 6.07) is 1.66. The van der Waals surface area contributed by atoms with Crippen molar-refractivity contribution in [3.05, 3.63) is 23.0 Å². The van der Waals surface area contributed by atoms with Crippen LogP contribution in [0.4, 0.5) is 4.79 Å². The summed E-state index contributed by atoms with van der Waals surface area (Å²) in [6.45, 7) is 9.50. The smallest absolute Gasteiger partial charge is 0.419 e. The van der Waals surface area contributed by atoms with E-state index in [0.717, 1.165) is 5.56 Å². The van der Waals surface area contributed by atoms with E-state index in [0.29, 0.717) is 18.7 Å². The number of carbonyl (C=O) groups excluding carboxylic acids is 3. The molecule has 0 aliphatic carbocycles. The predicted octanol–water partition coefficient (Wildman–Crippen LogP) is 2.35. The lowest BCUT2D eigenvalue weighted by atomic mass is 10.1. The highest BCUT2D eigenvalue weighted by atomic mass is 16.6. The van der Waals surface area contributed by atoms with Crippen LogP contribution in [-0.2, 0) is 27.2 Å². The summed E-state index contributed by atoms with van der Waals surface area (Å²) in [5, 5.41) is 0. The maximum Gasteiger partial charge on any atom is 0.419 e. The lowest BCUT2D eigenvalue weighted by molar-refractivity contribution is -0.129. The molecule has 2 rings (SSSR count). The number of aromatic nitrogens is 1. The van der Waals surface area contributed by atoms with Crippen molar-refractivity contribution in [2.45, 2.75) is 53.2 Å². The molecule has 132 valence electrons. The Hall–Kier alpha value is -2.31. The van der Waals surface area contributed by atoms with Crippen LogP contribution in [-0.4, -0.2) is 46.2 Å². The monoisotopic (exact) mass is 336 g/mol. The van der Waals surface area contributed by atoms with Gasteiger partial charge in [0.2, 0.25) is 5.91 Å². The van der Waals surface area contributed by atoms with Crippen LogP contribution >= 0.6 is 0 Å². The molecule has 0 fully saturated rings. The number of fused-ring (bicyclic) bond motifs is 1. The van der Waals surface area contributed by atoms with Gasteiger partial charge in [-0.05, 0) is 45.7 Å². The third-order valence-electron chi connectivity index (χ3n) is 3.69. The van der Waals surface area contributed by atoms with Crippen LogP contribution in [0.3, 0.4) is 0 Å². The van der Waals surface area contributed by atoms with Crippen LogP contribution in [0.1, 0.15) is 56.4 Å². The summed E-state index contributed by atoms with van der Waals surface area (Å²) >= 11 is 0. The van der Waals surface area contributed by atoms with Gasteiger partial charge in [0.25, 0.3) is 0 Å². The van der Waals surface area contributed by atoms with Gasteiger partial charge in [-0.15, -0.1) is 0 Å². The molecule has 0 saturated heterocycles. The van der Waals surface area contributed by atoms with Gasteiger partial charge in [0, 0.05) is 13.5 Å². The standard InChI is InChI=1S/C17H24N2O5/c1-6-23-15(21)13-9-12-7-8-18(11(2)20)10-14(12)19(13)16(22)24-17(3,4)5/h9H,6-8,10H2,1-5H3. The minimum atomic E-state index is -0.699. The summed E-state index contributed by atoms with van der Waals surface area (Å²) in [7, 11) is 0. The van der Waals surface area contributed by atoms with Crippen LogP contribution < -0.4 is 0 Å². The molecule has 0 saturated carbocycles. The maximum atomic E-state index is 12.6. The van der Waals surface area contributed by atoms with Crippen molar-refractivity contribution in [2.75, 3.05) is 13.2 Å². The van der Waals surface area contributed by atoms with Gasteiger partial charge in [0.15, 0.2) is 0 Å². The van der Waals surface area contributed by atoms with E-state index in [1.54, 1.807) is 38.7 Å². The topological polar surface area (TPSA) is 77.8 Å². The van der Waals surface area contributed by atoms with E-state index in [1.165, 1.54) is 11.5 Å². The molecule has 1 aliphatic rings. The maximum absolute atomic E-state index is 12.6. The van der Waals surface area contributed by atoms with Crippen molar-refractivity contribution in [1.29, 1.82) is 0 Å². The molecule has 0 N–H and O–H groups in total. The number of esters is 1. The molecule has 1 aliphatic heterocycles. The molecule has 7 heteroatoms. The van der Waals surface area contributed by atoms with Crippen LogP contribution in [0.25, 0.3) is 0 Å². The lowest BCUT2D eigenvalue weighted by Crippen LogP contribution is -2.37. The summed E-state index contributed by atoms with van der Waals surface area (Å²) in [5.41, 5.74) is 0.909. The van der Waals surface area contributed by atoms with Crippen LogP contribution in [0.5, 0.6) is 0 Å². The molecule has 1 amide bonds. The molecule has 1 aromatic heterocycles. The molecule has 1 aromatic rings. The SMILES string of the molecule is CCOC(=O)c1cc2c(n1C(=O)OC(C)(C)C)CN(C(C)=O)CC2. The van der Waals surface area contributed by atoms with Crippen molar-refractivity contribution in [3.8, 4) is 0 Å². The van der Waals surface area contributed by atoms with Crippen LogP contribution in [0, 0.1) is 0 Å². The number of rotatable bonds is 2. The Morgan fingerprint density at radius 2 is 1.92 bits per heavy atom. The average molecular weight is 336 g/mol. The Bertz CT molecular complexity index is 669. The van der Waals surface area contributed by atoms with Gasteiger partial charge in [-0.25, -0.2) is 14.2 Å². The van der Waals surface area contributed by atoms with Gasteiger partial charge in [0.05, 0.1) is 18.8 Å². The van der Waals surface area contributed by atoms with Gasteiger partial charge in [-0.3, -0.25) is 4.79 Å². The third kappa shape index (κ3) is 3.77. The minimum Gasteiger partial charge on any atom is -0.461 e. The Morgan fingerprint density at radius 3 is 2.46 bits per heavy atom. The van der Waals surface area contributed by atoms with Crippen molar-refractivity contribution < 1.29 is 23.9 Å². The van der Waals surface area contributed by atoms with Crippen molar-refractivity contribution in [3.63, 3.8) is 0 Å². The summed E-state index contributed by atoms with van der Waals surface area (Å²) in [5.74, 6) is -0.651. The number of ether oxygens (including phenoxy) is 2. The van der Waals surface area contributed by atoms with Gasteiger partial charge < -0.3 is 14.4 Å². The first-order chi connectivity index (χ1) is 11.1. The lowest BCUT2D eigenvalue weighted by Gasteiger charge is -2.28. The van der Waals surface area contributed by atoms with E-state index >= 15 is 0 Å². The van der Waals surface area contributed by atoms with Crippen LogP contribution in [0.2, 0.25) is 0 Å². The van der Waals surface area contributed by atoms with Gasteiger partial charge >= 0.3 is 12.1 Å². The Balaban J connectivity index is 2.48. The molecular formula is C17H24N2O5. The summed E-state index contributed by atoms with van der Waals surface area (Å²) in [4.78, 5) is 38.2. The minimum absolute atomic E-state index is 0.0738. The molecule has 0 atom stereocenters. The quantitative estimate of drug-likeness (QED) is 0.775. The van der Waals surface area contributed by atoms with Crippen molar-refractivity contribution in [1.82, 2.24) is 9.47 Å². The molecule has 0 aromatic carbocycles. The number of carbonyl (C=O) groups is 3. The number of amides is 1. The second kappa shape index (κ2) is 6.67.